The van der Waals surface area contributed by atoms with Crippen LogP contribution in [-0.4, -0.2) is 16.8 Å². The first kappa shape index (κ1) is 13.0. The van der Waals surface area contributed by atoms with Crippen LogP contribution in [0.5, 0.6) is 5.75 Å². The first-order valence-corrected chi connectivity index (χ1v) is 6.49. The van der Waals surface area contributed by atoms with Crippen LogP contribution < -0.4 is 5.32 Å². The van der Waals surface area contributed by atoms with Crippen molar-refractivity contribution in [1.82, 2.24) is 5.32 Å². The second-order valence-corrected chi connectivity index (χ2v) is 4.76. The van der Waals surface area contributed by atoms with Gasteiger partial charge in [0.1, 0.15) is 11.6 Å². The molecule has 1 aromatic heterocycles. The molecule has 0 fully saturated rings. The normalized spacial score (nSPS) is 12.6. The molecule has 3 N–H and O–H groups in total. The average Bonchev–Trinajstić information content (AvgIpc) is 2.87. The Bertz CT molecular complexity index is 502. The standard InChI is InChI=1S/C13H14FNO2S/c14-11-1-2-12(16)10(5-11)6-15-7-13(17)9-3-4-18-8-9/h1-5,8,13,15-17H,6-7H2. The predicted octanol–water partition coefficient (Wildman–Crippen LogP) is 2.42. The number of hydrogen-bond acceptors (Lipinski definition) is 4. The topological polar surface area (TPSA) is 52.5 Å². The van der Waals surface area contributed by atoms with E-state index in [1.54, 1.807) is 0 Å². The number of phenolic OH excluding ortho intramolecular Hbond substituents is 1. The van der Waals surface area contributed by atoms with Crippen molar-refractivity contribution >= 4 is 11.3 Å². The SMILES string of the molecule is Oc1ccc(F)cc1CNCC(O)c1ccsc1. The molecular weight excluding hydrogens is 253 g/mol. The van der Waals surface area contributed by atoms with E-state index in [9.17, 15) is 14.6 Å². The van der Waals surface area contributed by atoms with Crippen molar-refractivity contribution < 1.29 is 14.6 Å². The molecule has 2 rings (SSSR count). The second kappa shape index (κ2) is 5.95. The Hall–Kier alpha value is -1.43. The molecule has 0 aliphatic rings. The van der Waals surface area contributed by atoms with Gasteiger partial charge in [0.05, 0.1) is 6.10 Å². The first-order valence-electron chi connectivity index (χ1n) is 5.55. The average molecular weight is 267 g/mol. The Balaban J connectivity index is 1.87. The zero-order chi connectivity index (χ0) is 13.0. The van der Waals surface area contributed by atoms with Crippen LogP contribution >= 0.6 is 11.3 Å². The van der Waals surface area contributed by atoms with E-state index in [4.69, 9.17) is 0 Å². The van der Waals surface area contributed by atoms with Gasteiger partial charge in [-0.05, 0) is 40.6 Å². The zero-order valence-corrected chi connectivity index (χ0v) is 10.5. The molecule has 1 unspecified atom stereocenters. The third-order valence-corrected chi connectivity index (χ3v) is 3.32. The van der Waals surface area contributed by atoms with Crippen molar-refractivity contribution in [3.05, 3.63) is 52.0 Å². The largest absolute Gasteiger partial charge is 0.508 e. The lowest BCUT2D eigenvalue weighted by Gasteiger charge is -2.11. The minimum absolute atomic E-state index is 0.0499. The van der Waals surface area contributed by atoms with E-state index in [-0.39, 0.29) is 11.6 Å². The fourth-order valence-electron chi connectivity index (χ4n) is 1.62. The third kappa shape index (κ3) is 3.29. The molecule has 0 saturated heterocycles. The van der Waals surface area contributed by atoms with Gasteiger partial charge < -0.3 is 15.5 Å². The van der Waals surface area contributed by atoms with E-state index in [0.29, 0.717) is 18.7 Å². The van der Waals surface area contributed by atoms with Crippen molar-refractivity contribution in [3.8, 4) is 5.75 Å². The van der Waals surface area contributed by atoms with Crippen molar-refractivity contribution in [2.24, 2.45) is 0 Å². The summed E-state index contributed by atoms with van der Waals surface area (Å²) in [5.74, 6) is -0.336. The van der Waals surface area contributed by atoms with Gasteiger partial charge in [-0.1, -0.05) is 0 Å². The maximum absolute atomic E-state index is 13.0. The molecule has 1 atom stereocenters. The quantitative estimate of drug-likeness (QED) is 0.780. The highest BCUT2D eigenvalue weighted by molar-refractivity contribution is 7.07. The highest BCUT2D eigenvalue weighted by Crippen LogP contribution is 2.18. The molecule has 0 bridgehead atoms. The summed E-state index contributed by atoms with van der Waals surface area (Å²) in [5.41, 5.74) is 1.34. The Morgan fingerprint density at radius 1 is 1.33 bits per heavy atom. The summed E-state index contributed by atoms with van der Waals surface area (Å²) in [6.45, 7) is 0.664. The summed E-state index contributed by atoms with van der Waals surface area (Å²) in [6.07, 6.45) is -0.591. The fraction of sp³-hybridized carbons (Fsp3) is 0.231. The number of benzene rings is 1. The maximum Gasteiger partial charge on any atom is 0.123 e. The van der Waals surface area contributed by atoms with Crippen molar-refractivity contribution in [3.63, 3.8) is 0 Å². The summed E-state index contributed by atoms with van der Waals surface area (Å²) in [6, 6.07) is 5.66. The zero-order valence-electron chi connectivity index (χ0n) is 9.64. The van der Waals surface area contributed by atoms with E-state index < -0.39 is 6.10 Å². The van der Waals surface area contributed by atoms with Crippen LogP contribution in [0.1, 0.15) is 17.2 Å². The van der Waals surface area contributed by atoms with Gasteiger partial charge in [0, 0.05) is 18.7 Å². The van der Waals surface area contributed by atoms with Crippen LogP contribution in [-0.2, 0) is 6.54 Å². The summed E-state index contributed by atoms with van der Waals surface area (Å²) < 4.78 is 13.0. The lowest BCUT2D eigenvalue weighted by molar-refractivity contribution is 0.174. The van der Waals surface area contributed by atoms with Gasteiger partial charge in [0.2, 0.25) is 0 Å². The van der Waals surface area contributed by atoms with E-state index in [2.05, 4.69) is 5.32 Å². The van der Waals surface area contributed by atoms with E-state index >= 15 is 0 Å². The van der Waals surface area contributed by atoms with Gasteiger partial charge in [-0.25, -0.2) is 4.39 Å². The number of thiophene rings is 1. The number of aliphatic hydroxyl groups is 1. The molecule has 0 saturated carbocycles. The van der Waals surface area contributed by atoms with Gasteiger partial charge in [-0.15, -0.1) is 0 Å². The van der Waals surface area contributed by atoms with Gasteiger partial charge in [-0.3, -0.25) is 0 Å². The van der Waals surface area contributed by atoms with Crippen molar-refractivity contribution in [1.29, 1.82) is 0 Å². The smallest absolute Gasteiger partial charge is 0.123 e. The number of halogens is 1. The minimum Gasteiger partial charge on any atom is -0.508 e. The predicted molar refractivity (Wildman–Crippen MR) is 69.1 cm³/mol. The monoisotopic (exact) mass is 267 g/mol. The highest BCUT2D eigenvalue weighted by atomic mass is 32.1. The number of aromatic hydroxyl groups is 1. The van der Waals surface area contributed by atoms with Gasteiger partial charge >= 0.3 is 0 Å². The van der Waals surface area contributed by atoms with Crippen molar-refractivity contribution in [2.75, 3.05) is 6.54 Å². The number of aliphatic hydroxyl groups excluding tert-OH is 1. The molecule has 0 aliphatic carbocycles. The lowest BCUT2D eigenvalue weighted by Crippen LogP contribution is -2.20. The van der Waals surface area contributed by atoms with Crippen LogP contribution in [0, 0.1) is 5.82 Å². The van der Waals surface area contributed by atoms with Gasteiger partial charge in [0.15, 0.2) is 0 Å². The molecule has 1 heterocycles. The molecule has 18 heavy (non-hydrogen) atoms. The summed E-state index contributed by atoms with van der Waals surface area (Å²) in [4.78, 5) is 0. The third-order valence-electron chi connectivity index (χ3n) is 2.62. The molecule has 3 nitrogen and oxygen atoms in total. The molecule has 0 radical (unpaired) electrons. The van der Waals surface area contributed by atoms with Crippen LogP contribution in [0.3, 0.4) is 0 Å². The van der Waals surface area contributed by atoms with E-state index in [1.807, 2.05) is 16.8 Å². The Kier molecular flexibility index (Phi) is 4.30. The molecule has 0 amide bonds. The Labute approximate surface area is 109 Å². The van der Waals surface area contributed by atoms with E-state index in [0.717, 1.165) is 5.56 Å². The Morgan fingerprint density at radius 2 is 2.17 bits per heavy atom. The van der Waals surface area contributed by atoms with Gasteiger partial charge in [-0.2, -0.15) is 11.3 Å². The maximum atomic E-state index is 13.0. The van der Waals surface area contributed by atoms with Crippen LogP contribution in [0.4, 0.5) is 4.39 Å². The molecular formula is C13H14FNO2S. The van der Waals surface area contributed by atoms with Crippen LogP contribution in [0.15, 0.2) is 35.0 Å². The molecule has 96 valence electrons. The fourth-order valence-corrected chi connectivity index (χ4v) is 2.33. The summed E-state index contributed by atoms with van der Waals surface area (Å²) in [7, 11) is 0. The summed E-state index contributed by atoms with van der Waals surface area (Å²) >= 11 is 1.52. The molecule has 0 aliphatic heterocycles. The molecule has 0 spiro atoms. The summed E-state index contributed by atoms with van der Waals surface area (Å²) in [5, 5.41) is 26.1. The molecule has 5 heteroatoms. The minimum atomic E-state index is -0.591. The highest BCUT2D eigenvalue weighted by Gasteiger charge is 2.08. The number of rotatable bonds is 5. The second-order valence-electron chi connectivity index (χ2n) is 3.98. The first-order chi connectivity index (χ1) is 8.66. The lowest BCUT2D eigenvalue weighted by atomic mass is 10.1. The Morgan fingerprint density at radius 3 is 2.89 bits per heavy atom. The number of phenols is 1. The molecule has 2 aromatic rings. The molecule has 1 aromatic carbocycles. The number of nitrogens with one attached hydrogen (secondary N) is 1. The van der Waals surface area contributed by atoms with Gasteiger partial charge in [0.25, 0.3) is 0 Å². The van der Waals surface area contributed by atoms with Crippen LogP contribution in [0.25, 0.3) is 0 Å². The van der Waals surface area contributed by atoms with Crippen LogP contribution in [0.2, 0.25) is 0 Å². The van der Waals surface area contributed by atoms with Crippen molar-refractivity contribution in [2.45, 2.75) is 12.6 Å². The van der Waals surface area contributed by atoms with E-state index in [1.165, 1.54) is 29.5 Å². The number of hydrogen-bond donors (Lipinski definition) is 3.